The molecule has 0 spiro atoms. The summed E-state index contributed by atoms with van der Waals surface area (Å²) >= 11 is 6.29. The molecular weight excluding hydrogens is 440 g/mol. The molecule has 0 saturated carbocycles. The van der Waals surface area contributed by atoms with Crippen LogP contribution in [0.2, 0.25) is 5.02 Å². The Morgan fingerprint density at radius 1 is 1.00 bits per heavy atom. The SMILES string of the molecule is Clc1ccccc1Oc1nccnc1C1CCCN(Cc2ccnc(N3CCOCC3)n2)C1. The predicted octanol–water partition coefficient (Wildman–Crippen LogP) is 3.93. The predicted molar refractivity (Wildman–Crippen MR) is 126 cm³/mol. The maximum atomic E-state index is 6.29. The molecule has 8 nitrogen and oxygen atoms in total. The van der Waals surface area contributed by atoms with Crippen LogP contribution in [0.5, 0.6) is 11.6 Å². The summed E-state index contributed by atoms with van der Waals surface area (Å²) in [7, 11) is 0. The number of nitrogens with zero attached hydrogens (tertiary/aromatic N) is 6. The number of piperidine rings is 1. The Morgan fingerprint density at radius 3 is 2.73 bits per heavy atom. The van der Waals surface area contributed by atoms with E-state index < -0.39 is 0 Å². The normalized spacial score (nSPS) is 19.4. The van der Waals surface area contributed by atoms with Crippen molar-refractivity contribution in [3.8, 4) is 11.6 Å². The molecule has 2 fully saturated rings. The molecule has 1 unspecified atom stereocenters. The Hall–Kier alpha value is -2.81. The summed E-state index contributed by atoms with van der Waals surface area (Å²) in [6.45, 7) is 5.77. The number of hydrogen-bond acceptors (Lipinski definition) is 8. The molecule has 0 N–H and O–H groups in total. The van der Waals surface area contributed by atoms with Crippen molar-refractivity contribution in [1.29, 1.82) is 0 Å². The second-order valence-electron chi connectivity index (χ2n) is 8.30. The van der Waals surface area contributed by atoms with Crippen molar-refractivity contribution in [1.82, 2.24) is 24.8 Å². The van der Waals surface area contributed by atoms with E-state index in [-0.39, 0.29) is 5.92 Å². The summed E-state index contributed by atoms with van der Waals surface area (Å²) in [5.74, 6) is 2.12. The molecule has 1 atom stereocenters. The van der Waals surface area contributed by atoms with Crippen LogP contribution in [-0.4, -0.2) is 64.2 Å². The maximum Gasteiger partial charge on any atom is 0.241 e. The lowest BCUT2D eigenvalue weighted by Crippen LogP contribution is -2.38. The summed E-state index contributed by atoms with van der Waals surface area (Å²) in [4.78, 5) is 23.0. The van der Waals surface area contributed by atoms with Crippen LogP contribution in [-0.2, 0) is 11.3 Å². The molecule has 2 saturated heterocycles. The van der Waals surface area contributed by atoms with E-state index in [2.05, 4.69) is 24.8 Å². The molecule has 2 aromatic heterocycles. The lowest BCUT2D eigenvalue weighted by molar-refractivity contribution is 0.122. The first-order valence-corrected chi connectivity index (χ1v) is 11.7. The second-order valence-corrected chi connectivity index (χ2v) is 8.71. The van der Waals surface area contributed by atoms with Gasteiger partial charge in [0.15, 0.2) is 0 Å². The van der Waals surface area contributed by atoms with Gasteiger partial charge in [-0.25, -0.2) is 15.0 Å². The van der Waals surface area contributed by atoms with Gasteiger partial charge >= 0.3 is 0 Å². The highest BCUT2D eigenvalue weighted by molar-refractivity contribution is 6.32. The Kier molecular flexibility index (Phi) is 6.95. The number of likely N-dealkylation sites (tertiary alicyclic amines) is 1. The van der Waals surface area contributed by atoms with E-state index >= 15 is 0 Å². The fourth-order valence-electron chi connectivity index (χ4n) is 4.37. The van der Waals surface area contributed by atoms with Crippen LogP contribution in [0.1, 0.15) is 30.1 Å². The number of morpholine rings is 1. The molecule has 1 aromatic carbocycles. The van der Waals surface area contributed by atoms with Gasteiger partial charge < -0.3 is 14.4 Å². The first kappa shape index (κ1) is 22.0. The molecule has 4 heterocycles. The van der Waals surface area contributed by atoms with E-state index in [1.165, 1.54) is 0 Å². The molecule has 2 aliphatic heterocycles. The highest BCUT2D eigenvalue weighted by atomic mass is 35.5. The van der Waals surface area contributed by atoms with E-state index in [9.17, 15) is 0 Å². The number of benzene rings is 1. The zero-order chi connectivity index (χ0) is 22.5. The largest absolute Gasteiger partial charge is 0.436 e. The summed E-state index contributed by atoms with van der Waals surface area (Å²) in [6, 6.07) is 9.43. The number of rotatable bonds is 6. The molecule has 9 heteroatoms. The van der Waals surface area contributed by atoms with Crippen LogP contribution in [0.25, 0.3) is 0 Å². The monoisotopic (exact) mass is 466 g/mol. The van der Waals surface area contributed by atoms with Crippen LogP contribution >= 0.6 is 11.6 Å². The van der Waals surface area contributed by atoms with Gasteiger partial charge in [0.2, 0.25) is 11.8 Å². The number of anilines is 1. The van der Waals surface area contributed by atoms with Crippen molar-refractivity contribution in [2.24, 2.45) is 0 Å². The van der Waals surface area contributed by atoms with Crippen molar-refractivity contribution >= 4 is 17.5 Å². The molecule has 0 radical (unpaired) electrons. The standard InChI is InChI=1S/C24H27ClN6O2/c25-20-5-1-2-6-21(20)33-23-22(26-9-10-27-23)18-4-3-11-30(16-18)17-19-7-8-28-24(29-19)31-12-14-32-15-13-31/h1-2,5-10,18H,3-4,11-17H2. The van der Waals surface area contributed by atoms with Crippen LogP contribution in [0.4, 0.5) is 5.95 Å². The third-order valence-corrected chi connectivity index (χ3v) is 6.32. The van der Waals surface area contributed by atoms with E-state index in [4.69, 9.17) is 26.1 Å². The quantitative estimate of drug-likeness (QED) is 0.541. The molecule has 3 aromatic rings. The van der Waals surface area contributed by atoms with Crippen molar-refractivity contribution in [2.45, 2.75) is 25.3 Å². The summed E-state index contributed by atoms with van der Waals surface area (Å²) in [6.07, 6.45) is 7.36. The number of para-hydroxylation sites is 1. The lowest BCUT2D eigenvalue weighted by atomic mass is 9.94. The average molecular weight is 467 g/mol. The number of ether oxygens (including phenoxy) is 2. The lowest BCUT2D eigenvalue weighted by Gasteiger charge is -2.32. The minimum Gasteiger partial charge on any atom is -0.436 e. The topological polar surface area (TPSA) is 76.5 Å². The second kappa shape index (κ2) is 10.4. The fraction of sp³-hybridized carbons (Fsp3) is 0.417. The average Bonchev–Trinajstić information content (AvgIpc) is 2.87. The van der Waals surface area contributed by atoms with E-state index in [1.807, 2.05) is 36.5 Å². The zero-order valence-electron chi connectivity index (χ0n) is 18.4. The molecular formula is C24H27ClN6O2. The Labute approximate surface area is 198 Å². The molecule has 2 aliphatic rings. The summed E-state index contributed by atoms with van der Waals surface area (Å²) < 4.78 is 11.5. The molecule has 33 heavy (non-hydrogen) atoms. The number of halogens is 1. The van der Waals surface area contributed by atoms with Crippen molar-refractivity contribution in [2.75, 3.05) is 44.3 Å². The molecule has 172 valence electrons. The molecule has 0 bridgehead atoms. The van der Waals surface area contributed by atoms with Crippen LogP contribution in [0.15, 0.2) is 48.9 Å². The molecule has 5 rings (SSSR count). The maximum absolute atomic E-state index is 6.29. The van der Waals surface area contributed by atoms with Crippen molar-refractivity contribution < 1.29 is 9.47 Å². The highest BCUT2D eigenvalue weighted by Gasteiger charge is 2.27. The first-order chi connectivity index (χ1) is 16.3. The van der Waals surface area contributed by atoms with Gasteiger partial charge in [-0.05, 0) is 37.6 Å². The van der Waals surface area contributed by atoms with Crippen LogP contribution in [0.3, 0.4) is 0 Å². The smallest absolute Gasteiger partial charge is 0.241 e. The van der Waals surface area contributed by atoms with Gasteiger partial charge in [-0.2, -0.15) is 0 Å². The fourth-order valence-corrected chi connectivity index (χ4v) is 4.54. The molecule has 0 aliphatic carbocycles. The van der Waals surface area contributed by atoms with Gasteiger partial charge in [0.1, 0.15) is 11.4 Å². The minimum absolute atomic E-state index is 0.227. The van der Waals surface area contributed by atoms with Crippen LogP contribution < -0.4 is 9.64 Å². The van der Waals surface area contributed by atoms with Gasteiger partial charge in [-0.3, -0.25) is 9.88 Å². The third kappa shape index (κ3) is 5.40. The van der Waals surface area contributed by atoms with Gasteiger partial charge in [0, 0.05) is 50.7 Å². The van der Waals surface area contributed by atoms with Gasteiger partial charge in [0.05, 0.1) is 23.9 Å². The Bertz CT molecular complexity index is 1080. The zero-order valence-corrected chi connectivity index (χ0v) is 19.2. The Balaban J connectivity index is 1.29. The van der Waals surface area contributed by atoms with Gasteiger partial charge in [0.25, 0.3) is 0 Å². The molecule has 0 amide bonds. The van der Waals surface area contributed by atoms with Crippen LogP contribution in [0, 0.1) is 0 Å². The number of hydrogen-bond donors (Lipinski definition) is 0. The van der Waals surface area contributed by atoms with Gasteiger partial charge in [-0.1, -0.05) is 23.7 Å². The first-order valence-electron chi connectivity index (χ1n) is 11.4. The Morgan fingerprint density at radius 2 is 1.85 bits per heavy atom. The summed E-state index contributed by atoms with van der Waals surface area (Å²) in [5, 5.41) is 0.555. The minimum atomic E-state index is 0.227. The van der Waals surface area contributed by atoms with E-state index in [0.29, 0.717) is 16.7 Å². The van der Waals surface area contributed by atoms with Gasteiger partial charge in [-0.15, -0.1) is 0 Å². The highest BCUT2D eigenvalue weighted by Crippen LogP contribution is 2.35. The van der Waals surface area contributed by atoms with Crippen molar-refractivity contribution in [3.05, 3.63) is 65.3 Å². The van der Waals surface area contributed by atoms with E-state index in [1.54, 1.807) is 12.4 Å². The number of aromatic nitrogens is 4. The van der Waals surface area contributed by atoms with E-state index in [0.717, 1.165) is 76.1 Å². The summed E-state index contributed by atoms with van der Waals surface area (Å²) in [5.41, 5.74) is 1.90. The third-order valence-electron chi connectivity index (χ3n) is 6.01. The van der Waals surface area contributed by atoms with Crippen molar-refractivity contribution in [3.63, 3.8) is 0 Å².